The zero-order valence-electron chi connectivity index (χ0n) is 12.0. The molecule has 0 bridgehead atoms. The Labute approximate surface area is 120 Å². The summed E-state index contributed by atoms with van der Waals surface area (Å²) in [6.45, 7) is 4.60. The van der Waals surface area contributed by atoms with E-state index in [1.54, 1.807) is 4.90 Å². The zero-order chi connectivity index (χ0) is 14.5. The summed E-state index contributed by atoms with van der Waals surface area (Å²) < 4.78 is 0. The second kappa shape index (κ2) is 6.24. The van der Waals surface area contributed by atoms with Gasteiger partial charge in [-0.2, -0.15) is 0 Å². The number of benzene rings is 2. The molecule has 2 aromatic rings. The van der Waals surface area contributed by atoms with Crippen LogP contribution in [0.1, 0.15) is 29.8 Å². The number of nitrogens with zero attached hydrogens (tertiary/aromatic N) is 1. The third kappa shape index (κ3) is 2.67. The number of carbonyl (C=O) groups is 1. The highest BCUT2D eigenvalue weighted by molar-refractivity contribution is 6.08. The fraction of sp³-hybridized carbons (Fsp3) is 0.235. The van der Waals surface area contributed by atoms with E-state index in [4.69, 9.17) is 5.73 Å². The highest BCUT2D eigenvalue weighted by Gasteiger charge is 2.19. The Hall–Kier alpha value is -2.29. The minimum atomic E-state index is 0.00264. The Kier molecular flexibility index (Phi) is 4.41. The summed E-state index contributed by atoms with van der Waals surface area (Å²) in [4.78, 5) is 14.5. The normalized spacial score (nSPS) is 10.3. The molecule has 0 aromatic heterocycles. The number of carbonyl (C=O) groups excluding carboxylic acids is 1. The van der Waals surface area contributed by atoms with Crippen molar-refractivity contribution in [2.75, 3.05) is 17.2 Å². The maximum Gasteiger partial charge on any atom is 0.258 e. The van der Waals surface area contributed by atoms with E-state index in [-0.39, 0.29) is 5.91 Å². The van der Waals surface area contributed by atoms with Crippen LogP contribution in [0.3, 0.4) is 0 Å². The van der Waals surface area contributed by atoms with Gasteiger partial charge in [0.05, 0.1) is 11.4 Å². The lowest BCUT2D eigenvalue weighted by Crippen LogP contribution is -2.32. The van der Waals surface area contributed by atoms with Gasteiger partial charge in [-0.1, -0.05) is 37.3 Å². The number of para-hydroxylation sites is 2. The average molecular weight is 268 g/mol. The molecule has 0 atom stereocenters. The minimum Gasteiger partial charge on any atom is -0.397 e. The molecule has 2 rings (SSSR count). The van der Waals surface area contributed by atoms with Crippen molar-refractivity contribution in [1.82, 2.24) is 0 Å². The molecule has 0 saturated heterocycles. The van der Waals surface area contributed by atoms with Crippen molar-refractivity contribution in [3.63, 3.8) is 0 Å². The van der Waals surface area contributed by atoms with Gasteiger partial charge in [0.25, 0.3) is 5.91 Å². The molecule has 20 heavy (non-hydrogen) atoms. The van der Waals surface area contributed by atoms with Crippen molar-refractivity contribution < 1.29 is 4.79 Å². The SMILES string of the molecule is CCc1ccccc1C(=O)N(CC)c1ccccc1N. The van der Waals surface area contributed by atoms with Crippen LogP contribution in [0.25, 0.3) is 0 Å². The van der Waals surface area contributed by atoms with Crippen molar-refractivity contribution in [3.05, 3.63) is 59.7 Å². The second-order valence-electron chi connectivity index (χ2n) is 4.62. The van der Waals surface area contributed by atoms with Gasteiger partial charge in [0, 0.05) is 12.1 Å². The van der Waals surface area contributed by atoms with Crippen LogP contribution in [0.5, 0.6) is 0 Å². The molecule has 0 heterocycles. The van der Waals surface area contributed by atoms with Crippen LogP contribution >= 0.6 is 0 Å². The largest absolute Gasteiger partial charge is 0.397 e. The molecule has 0 spiro atoms. The Bertz CT molecular complexity index is 607. The van der Waals surface area contributed by atoms with Crippen molar-refractivity contribution in [3.8, 4) is 0 Å². The van der Waals surface area contributed by atoms with E-state index in [1.165, 1.54) is 0 Å². The lowest BCUT2D eigenvalue weighted by atomic mass is 10.0. The fourth-order valence-electron chi connectivity index (χ4n) is 2.34. The molecule has 104 valence electrons. The Morgan fingerprint density at radius 2 is 1.70 bits per heavy atom. The van der Waals surface area contributed by atoms with Gasteiger partial charge in [0.2, 0.25) is 0 Å². The quantitative estimate of drug-likeness (QED) is 0.863. The van der Waals surface area contributed by atoms with Gasteiger partial charge < -0.3 is 10.6 Å². The lowest BCUT2D eigenvalue weighted by Gasteiger charge is -2.23. The molecule has 3 heteroatoms. The van der Waals surface area contributed by atoms with Crippen LogP contribution in [-0.2, 0) is 6.42 Å². The number of amides is 1. The maximum absolute atomic E-state index is 12.8. The molecule has 0 aliphatic heterocycles. The topological polar surface area (TPSA) is 46.3 Å². The Balaban J connectivity index is 2.42. The third-order valence-corrected chi connectivity index (χ3v) is 3.42. The number of rotatable bonds is 4. The van der Waals surface area contributed by atoms with Gasteiger partial charge in [-0.25, -0.2) is 0 Å². The zero-order valence-corrected chi connectivity index (χ0v) is 12.0. The van der Waals surface area contributed by atoms with Gasteiger partial charge >= 0.3 is 0 Å². The molecule has 1 amide bonds. The van der Waals surface area contributed by atoms with Crippen LogP contribution in [0.15, 0.2) is 48.5 Å². The number of nitrogen functional groups attached to an aromatic ring is 1. The molecular formula is C17H20N2O. The number of hydrogen-bond acceptors (Lipinski definition) is 2. The van der Waals surface area contributed by atoms with E-state index >= 15 is 0 Å². The fourth-order valence-corrected chi connectivity index (χ4v) is 2.34. The third-order valence-electron chi connectivity index (χ3n) is 3.42. The van der Waals surface area contributed by atoms with Crippen LogP contribution < -0.4 is 10.6 Å². The number of aryl methyl sites for hydroxylation is 1. The molecule has 0 radical (unpaired) electrons. The molecule has 2 aromatic carbocycles. The first kappa shape index (κ1) is 14.1. The van der Waals surface area contributed by atoms with E-state index in [0.29, 0.717) is 12.2 Å². The molecule has 3 nitrogen and oxygen atoms in total. The molecular weight excluding hydrogens is 248 g/mol. The smallest absolute Gasteiger partial charge is 0.258 e. The molecule has 0 fully saturated rings. The molecule has 2 N–H and O–H groups in total. The summed E-state index contributed by atoms with van der Waals surface area (Å²) in [7, 11) is 0. The van der Waals surface area contributed by atoms with E-state index in [1.807, 2.05) is 55.5 Å². The standard InChI is InChI=1S/C17H20N2O/c1-3-13-9-5-6-10-14(13)17(20)19(4-2)16-12-8-7-11-15(16)18/h5-12H,3-4,18H2,1-2H3. The lowest BCUT2D eigenvalue weighted by molar-refractivity contribution is 0.0987. The predicted octanol–water partition coefficient (Wildman–Crippen LogP) is 3.50. The average Bonchev–Trinajstić information content (AvgIpc) is 2.49. The highest BCUT2D eigenvalue weighted by Crippen LogP contribution is 2.25. The molecule has 0 unspecified atom stereocenters. The summed E-state index contributed by atoms with van der Waals surface area (Å²) in [6.07, 6.45) is 0.837. The van der Waals surface area contributed by atoms with Gasteiger partial charge in [-0.3, -0.25) is 4.79 Å². The predicted molar refractivity (Wildman–Crippen MR) is 84.0 cm³/mol. The van der Waals surface area contributed by atoms with Crippen LogP contribution in [0.2, 0.25) is 0 Å². The Morgan fingerprint density at radius 1 is 1.05 bits per heavy atom. The van der Waals surface area contributed by atoms with E-state index in [0.717, 1.165) is 23.2 Å². The second-order valence-corrected chi connectivity index (χ2v) is 4.62. The molecule has 0 aliphatic rings. The van der Waals surface area contributed by atoms with Crippen molar-refractivity contribution in [1.29, 1.82) is 0 Å². The van der Waals surface area contributed by atoms with Crippen molar-refractivity contribution in [2.45, 2.75) is 20.3 Å². The van der Waals surface area contributed by atoms with Gasteiger partial charge in [0.1, 0.15) is 0 Å². The molecule has 0 aliphatic carbocycles. The summed E-state index contributed by atoms with van der Waals surface area (Å²) in [5.74, 6) is 0.00264. The summed E-state index contributed by atoms with van der Waals surface area (Å²) in [6, 6.07) is 15.2. The van der Waals surface area contributed by atoms with E-state index in [9.17, 15) is 4.79 Å². The molecule has 0 saturated carbocycles. The first-order chi connectivity index (χ1) is 9.69. The summed E-state index contributed by atoms with van der Waals surface area (Å²) in [5.41, 5.74) is 9.19. The summed E-state index contributed by atoms with van der Waals surface area (Å²) in [5, 5.41) is 0. The first-order valence-corrected chi connectivity index (χ1v) is 6.93. The first-order valence-electron chi connectivity index (χ1n) is 6.93. The van der Waals surface area contributed by atoms with Gasteiger partial charge in [0.15, 0.2) is 0 Å². The van der Waals surface area contributed by atoms with Crippen molar-refractivity contribution in [2.24, 2.45) is 0 Å². The van der Waals surface area contributed by atoms with Crippen LogP contribution in [0, 0.1) is 0 Å². The minimum absolute atomic E-state index is 0.00264. The van der Waals surface area contributed by atoms with Crippen LogP contribution in [-0.4, -0.2) is 12.5 Å². The maximum atomic E-state index is 12.8. The van der Waals surface area contributed by atoms with E-state index in [2.05, 4.69) is 6.92 Å². The number of nitrogens with two attached hydrogens (primary N) is 1. The van der Waals surface area contributed by atoms with Crippen LogP contribution in [0.4, 0.5) is 11.4 Å². The number of hydrogen-bond donors (Lipinski definition) is 1. The van der Waals surface area contributed by atoms with E-state index < -0.39 is 0 Å². The Morgan fingerprint density at radius 3 is 2.35 bits per heavy atom. The van der Waals surface area contributed by atoms with Gasteiger partial charge in [-0.15, -0.1) is 0 Å². The van der Waals surface area contributed by atoms with Crippen molar-refractivity contribution >= 4 is 17.3 Å². The van der Waals surface area contributed by atoms with Gasteiger partial charge in [-0.05, 0) is 37.1 Å². The highest BCUT2D eigenvalue weighted by atomic mass is 16.2. The number of anilines is 2. The monoisotopic (exact) mass is 268 g/mol. The summed E-state index contributed by atoms with van der Waals surface area (Å²) >= 11 is 0.